The first-order chi connectivity index (χ1) is 11.1. The number of amides is 2. The van der Waals surface area contributed by atoms with Gasteiger partial charge in [0.15, 0.2) is 5.13 Å². The molecule has 2 amide bonds. The number of hydrogen-bond acceptors (Lipinski definition) is 5. The summed E-state index contributed by atoms with van der Waals surface area (Å²) in [6.07, 6.45) is 3.50. The number of rotatable bonds is 4. The van der Waals surface area contributed by atoms with Crippen LogP contribution in [-0.4, -0.2) is 34.8 Å². The van der Waals surface area contributed by atoms with Crippen LogP contribution >= 0.6 is 22.7 Å². The van der Waals surface area contributed by atoms with E-state index in [2.05, 4.69) is 23.3 Å². The normalized spacial score (nSPS) is 15.5. The van der Waals surface area contributed by atoms with Crippen molar-refractivity contribution in [1.82, 2.24) is 9.88 Å². The van der Waals surface area contributed by atoms with Crippen LogP contribution in [0.3, 0.4) is 0 Å². The lowest BCUT2D eigenvalue weighted by Gasteiger charge is -2.19. The molecule has 0 radical (unpaired) electrons. The van der Waals surface area contributed by atoms with Crippen LogP contribution in [0.2, 0.25) is 0 Å². The summed E-state index contributed by atoms with van der Waals surface area (Å²) < 4.78 is 0. The van der Waals surface area contributed by atoms with E-state index in [4.69, 9.17) is 0 Å². The van der Waals surface area contributed by atoms with Crippen molar-refractivity contribution in [3.8, 4) is 10.6 Å². The van der Waals surface area contributed by atoms with Gasteiger partial charge >= 0.3 is 0 Å². The van der Waals surface area contributed by atoms with Gasteiger partial charge in [-0.05, 0) is 31.9 Å². The molecule has 23 heavy (non-hydrogen) atoms. The van der Waals surface area contributed by atoms with Gasteiger partial charge in [-0.15, -0.1) is 22.7 Å². The van der Waals surface area contributed by atoms with E-state index < -0.39 is 0 Å². The summed E-state index contributed by atoms with van der Waals surface area (Å²) >= 11 is 3.09. The number of aryl methyl sites for hydroxylation is 1. The number of nitrogens with one attached hydrogen (secondary N) is 1. The molecule has 0 spiro atoms. The van der Waals surface area contributed by atoms with Crippen LogP contribution < -0.4 is 5.32 Å². The molecule has 5 nitrogen and oxygen atoms in total. The van der Waals surface area contributed by atoms with E-state index in [0.717, 1.165) is 29.8 Å². The Morgan fingerprint density at radius 1 is 1.35 bits per heavy atom. The molecule has 7 heteroatoms. The van der Waals surface area contributed by atoms with E-state index >= 15 is 0 Å². The first kappa shape index (κ1) is 16.1. The van der Waals surface area contributed by atoms with Gasteiger partial charge in [-0.25, -0.2) is 4.98 Å². The third-order valence-corrected chi connectivity index (χ3v) is 5.53. The fraction of sp³-hybridized carbons (Fsp3) is 0.438. The Kier molecular flexibility index (Phi) is 5.07. The van der Waals surface area contributed by atoms with Crippen molar-refractivity contribution in [1.29, 1.82) is 0 Å². The molecule has 2 aromatic rings. The van der Waals surface area contributed by atoms with Gasteiger partial charge in [-0.2, -0.15) is 0 Å². The quantitative estimate of drug-likeness (QED) is 0.918. The lowest BCUT2D eigenvalue weighted by Crippen LogP contribution is -2.37. The highest BCUT2D eigenvalue weighted by Gasteiger charge is 2.19. The van der Waals surface area contributed by atoms with E-state index in [1.165, 1.54) is 16.2 Å². The average molecular weight is 349 g/mol. The minimum atomic E-state index is -0.177. The smallest absolute Gasteiger partial charge is 0.245 e. The standard InChI is InChI=1S/C16H19N3O2S2/c1-11-6-7-13(23-11)12-10-22-16(17-12)18-14(20)9-19-8-4-2-3-5-15(19)21/h6-7,10H,2-5,8-9H2,1H3,(H,17,18,20). The van der Waals surface area contributed by atoms with Crippen LogP contribution in [0.15, 0.2) is 17.5 Å². The van der Waals surface area contributed by atoms with Gasteiger partial charge in [0.1, 0.15) is 0 Å². The third kappa shape index (κ3) is 4.17. The Morgan fingerprint density at radius 3 is 3.00 bits per heavy atom. The fourth-order valence-corrected chi connectivity index (χ4v) is 4.18. The molecular formula is C16H19N3O2S2. The minimum absolute atomic E-state index is 0.0755. The fourth-order valence-electron chi connectivity index (χ4n) is 2.55. The molecule has 2 aromatic heterocycles. The van der Waals surface area contributed by atoms with Gasteiger partial charge in [0.25, 0.3) is 0 Å². The molecule has 0 bridgehead atoms. The summed E-state index contributed by atoms with van der Waals surface area (Å²) in [6.45, 7) is 2.84. The molecule has 1 aliphatic rings. The van der Waals surface area contributed by atoms with Gasteiger partial charge in [-0.1, -0.05) is 6.42 Å². The molecular weight excluding hydrogens is 330 g/mol. The minimum Gasteiger partial charge on any atom is -0.333 e. The molecule has 3 heterocycles. The first-order valence-electron chi connectivity index (χ1n) is 7.72. The molecule has 0 aliphatic carbocycles. The number of thiazole rings is 1. The number of anilines is 1. The summed E-state index contributed by atoms with van der Waals surface area (Å²) in [5.41, 5.74) is 0.884. The molecule has 1 N–H and O–H groups in total. The number of thiophene rings is 1. The predicted molar refractivity (Wildman–Crippen MR) is 93.8 cm³/mol. The van der Waals surface area contributed by atoms with Gasteiger partial charge in [0.05, 0.1) is 17.1 Å². The molecule has 1 aliphatic heterocycles. The van der Waals surface area contributed by atoms with Crippen LogP contribution in [0.4, 0.5) is 5.13 Å². The predicted octanol–water partition coefficient (Wildman–Crippen LogP) is 3.52. The van der Waals surface area contributed by atoms with Crippen LogP contribution in [0.25, 0.3) is 10.6 Å². The highest BCUT2D eigenvalue weighted by atomic mass is 32.1. The highest BCUT2D eigenvalue weighted by Crippen LogP contribution is 2.30. The maximum atomic E-state index is 12.2. The van der Waals surface area contributed by atoms with Gasteiger partial charge in [0, 0.05) is 23.2 Å². The Balaban J connectivity index is 1.59. The van der Waals surface area contributed by atoms with Crippen molar-refractivity contribution < 1.29 is 9.59 Å². The van der Waals surface area contributed by atoms with Crippen LogP contribution in [0.5, 0.6) is 0 Å². The zero-order valence-corrected chi connectivity index (χ0v) is 14.6. The van der Waals surface area contributed by atoms with Crippen molar-refractivity contribution in [2.24, 2.45) is 0 Å². The second-order valence-electron chi connectivity index (χ2n) is 5.62. The van der Waals surface area contributed by atoms with Crippen molar-refractivity contribution in [2.45, 2.75) is 32.6 Å². The third-order valence-electron chi connectivity index (χ3n) is 3.75. The Labute approximate surface area is 143 Å². The number of likely N-dealkylation sites (tertiary alicyclic amines) is 1. The topological polar surface area (TPSA) is 62.3 Å². The summed E-state index contributed by atoms with van der Waals surface area (Å²) in [7, 11) is 0. The largest absolute Gasteiger partial charge is 0.333 e. The van der Waals surface area contributed by atoms with E-state index in [1.54, 1.807) is 16.2 Å². The van der Waals surface area contributed by atoms with Crippen LogP contribution in [0, 0.1) is 6.92 Å². The van der Waals surface area contributed by atoms with Gasteiger partial charge in [0.2, 0.25) is 11.8 Å². The van der Waals surface area contributed by atoms with E-state index in [0.29, 0.717) is 18.1 Å². The number of carbonyl (C=O) groups is 2. The Bertz CT molecular complexity index is 708. The molecule has 0 saturated carbocycles. The summed E-state index contributed by atoms with van der Waals surface area (Å²) in [6, 6.07) is 4.10. The summed E-state index contributed by atoms with van der Waals surface area (Å²) in [4.78, 5) is 32.5. The molecule has 0 aromatic carbocycles. The Hall–Kier alpha value is -1.73. The zero-order chi connectivity index (χ0) is 16.2. The van der Waals surface area contributed by atoms with Crippen LogP contribution in [0.1, 0.15) is 30.6 Å². The molecule has 0 atom stereocenters. The lowest BCUT2D eigenvalue weighted by molar-refractivity contribution is -0.134. The maximum Gasteiger partial charge on any atom is 0.245 e. The first-order valence-corrected chi connectivity index (χ1v) is 9.41. The van der Waals surface area contributed by atoms with Crippen molar-refractivity contribution in [2.75, 3.05) is 18.4 Å². The summed E-state index contributed by atoms with van der Waals surface area (Å²) in [5.74, 6) is -0.102. The highest BCUT2D eigenvalue weighted by molar-refractivity contribution is 7.17. The number of carbonyl (C=O) groups excluding carboxylic acids is 2. The van der Waals surface area contributed by atoms with Gasteiger partial charge < -0.3 is 10.2 Å². The average Bonchev–Trinajstić information content (AvgIpc) is 3.09. The summed E-state index contributed by atoms with van der Waals surface area (Å²) in [5, 5.41) is 5.33. The van der Waals surface area contributed by atoms with Gasteiger partial charge in [-0.3, -0.25) is 9.59 Å². The number of aromatic nitrogens is 1. The molecule has 122 valence electrons. The van der Waals surface area contributed by atoms with E-state index in [9.17, 15) is 9.59 Å². The number of hydrogen-bond donors (Lipinski definition) is 1. The van der Waals surface area contributed by atoms with Crippen molar-refractivity contribution in [3.63, 3.8) is 0 Å². The lowest BCUT2D eigenvalue weighted by atomic mass is 10.2. The molecule has 3 rings (SSSR count). The zero-order valence-electron chi connectivity index (χ0n) is 13.0. The second-order valence-corrected chi connectivity index (χ2v) is 7.77. The molecule has 0 unspecified atom stereocenters. The Morgan fingerprint density at radius 2 is 2.22 bits per heavy atom. The van der Waals surface area contributed by atoms with Crippen molar-refractivity contribution >= 4 is 39.6 Å². The monoisotopic (exact) mass is 349 g/mol. The number of nitrogens with zero attached hydrogens (tertiary/aromatic N) is 2. The molecule has 1 saturated heterocycles. The SMILES string of the molecule is Cc1ccc(-c2csc(NC(=O)CN3CCCCCC3=O)n2)s1. The maximum absolute atomic E-state index is 12.2. The molecule has 1 fully saturated rings. The second kappa shape index (κ2) is 7.23. The van der Waals surface area contributed by atoms with E-state index in [-0.39, 0.29) is 18.4 Å². The van der Waals surface area contributed by atoms with E-state index in [1.807, 2.05) is 11.4 Å². The van der Waals surface area contributed by atoms with Crippen LogP contribution in [-0.2, 0) is 9.59 Å². The van der Waals surface area contributed by atoms with Crippen molar-refractivity contribution in [3.05, 3.63) is 22.4 Å².